The SMILES string of the molecule is CSc1ccc(Cl)c(C(=O)OC(C)C(=O)Nc2ccc(S(=O)(=O)N3CCOCC3)cc2)c1. The number of morpholine rings is 1. The van der Waals surface area contributed by atoms with Gasteiger partial charge in [-0.3, -0.25) is 4.79 Å². The smallest absolute Gasteiger partial charge is 0.340 e. The van der Waals surface area contributed by atoms with Crippen molar-refractivity contribution >= 4 is 50.9 Å². The molecule has 0 aromatic heterocycles. The number of esters is 1. The van der Waals surface area contributed by atoms with Crippen molar-refractivity contribution in [2.24, 2.45) is 0 Å². The molecule has 1 fully saturated rings. The van der Waals surface area contributed by atoms with E-state index in [4.69, 9.17) is 21.1 Å². The Hall–Kier alpha value is -2.11. The van der Waals surface area contributed by atoms with Gasteiger partial charge in [-0.1, -0.05) is 11.6 Å². The molecule has 11 heteroatoms. The first-order chi connectivity index (χ1) is 15.2. The number of sulfonamides is 1. The van der Waals surface area contributed by atoms with Crippen LogP contribution in [-0.4, -0.2) is 63.3 Å². The van der Waals surface area contributed by atoms with Crippen LogP contribution in [-0.2, 0) is 24.3 Å². The Kier molecular flexibility index (Phi) is 8.18. The molecular formula is C21H23ClN2O6S2. The van der Waals surface area contributed by atoms with Gasteiger partial charge in [0.25, 0.3) is 5.91 Å². The fourth-order valence-electron chi connectivity index (χ4n) is 2.96. The number of carbonyl (C=O) groups excluding carboxylic acids is 2. The molecule has 1 N–H and O–H groups in total. The van der Waals surface area contributed by atoms with E-state index in [1.165, 1.54) is 47.3 Å². The predicted molar refractivity (Wildman–Crippen MR) is 123 cm³/mol. The van der Waals surface area contributed by atoms with Crippen LogP contribution >= 0.6 is 23.4 Å². The molecule has 2 aromatic carbocycles. The number of nitrogens with one attached hydrogen (secondary N) is 1. The van der Waals surface area contributed by atoms with Gasteiger partial charge in [0.05, 0.1) is 28.7 Å². The standard InChI is InChI=1S/C21H23ClN2O6S2/c1-14(30-21(26)18-13-16(31-2)5-8-19(18)22)20(25)23-15-3-6-17(7-4-15)32(27,28)24-9-11-29-12-10-24/h3-8,13-14H,9-12H2,1-2H3,(H,23,25). The summed E-state index contributed by atoms with van der Waals surface area (Å²) in [5.41, 5.74) is 0.553. The van der Waals surface area contributed by atoms with E-state index >= 15 is 0 Å². The Morgan fingerprint density at radius 2 is 1.81 bits per heavy atom. The zero-order chi connectivity index (χ0) is 23.3. The van der Waals surface area contributed by atoms with Gasteiger partial charge < -0.3 is 14.8 Å². The molecule has 0 spiro atoms. The Bertz CT molecular complexity index is 1090. The Labute approximate surface area is 196 Å². The molecule has 1 atom stereocenters. The van der Waals surface area contributed by atoms with Crippen molar-refractivity contribution < 1.29 is 27.5 Å². The topological polar surface area (TPSA) is 102 Å². The molecule has 0 saturated carbocycles. The van der Waals surface area contributed by atoms with Crippen molar-refractivity contribution in [1.82, 2.24) is 4.31 Å². The molecule has 3 rings (SSSR count). The number of anilines is 1. The number of ether oxygens (including phenoxy) is 2. The summed E-state index contributed by atoms with van der Waals surface area (Å²) in [4.78, 5) is 25.8. The van der Waals surface area contributed by atoms with E-state index in [1.54, 1.807) is 18.2 Å². The number of thioether (sulfide) groups is 1. The quantitative estimate of drug-likeness (QED) is 0.461. The lowest BCUT2D eigenvalue weighted by Crippen LogP contribution is -2.40. The molecule has 1 aliphatic rings. The second kappa shape index (κ2) is 10.7. The van der Waals surface area contributed by atoms with Crippen LogP contribution in [0.3, 0.4) is 0 Å². The van der Waals surface area contributed by atoms with E-state index in [-0.39, 0.29) is 15.5 Å². The largest absolute Gasteiger partial charge is 0.449 e. The third-order valence-electron chi connectivity index (χ3n) is 4.78. The third-order valence-corrected chi connectivity index (χ3v) is 7.74. The minimum absolute atomic E-state index is 0.125. The first-order valence-corrected chi connectivity index (χ1v) is 12.8. The van der Waals surface area contributed by atoms with Gasteiger partial charge in [-0.2, -0.15) is 4.31 Å². The van der Waals surface area contributed by atoms with Crippen LogP contribution in [0.1, 0.15) is 17.3 Å². The molecule has 1 unspecified atom stereocenters. The molecule has 0 radical (unpaired) electrons. The van der Waals surface area contributed by atoms with Crippen LogP contribution in [0, 0.1) is 0 Å². The lowest BCUT2D eigenvalue weighted by Gasteiger charge is -2.26. The first-order valence-electron chi connectivity index (χ1n) is 9.75. The summed E-state index contributed by atoms with van der Waals surface area (Å²) in [6.07, 6.45) is 0.777. The van der Waals surface area contributed by atoms with E-state index in [1.807, 2.05) is 6.26 Å². The number of amides is 1. The van der Waals surface area contributed by atoms with Crippen molar-refractivity contribution in [3.8, 4) is 0 Å². The minimum Gasteiger partial charge on any atom is -0.449 e. The Balaban J connectivity index is 1.62. The maximum Gasteiger partial charge on any atom is 0.340 e. The fraction of sp³-hybridized carbons (Fsp3) is 0.333. The summed E-state index contributed by atoms with van der Waals surface area (Å²) in [6.45, 7) is 2.76. The van der Waals surface area contributed by atoms with Crippen LogP contribution in [0.4, 0.5) is 5.69 Å². The molecule has 32 heavy (non-hydrogen) atoms. The van der Waals surface area contributed by atoms with Gasteiger partial charge in [0, 0.05) is 23.7 Å². The molecule has 1 saturated heterocycles. The lowest BCUT2D eigenvalue weighted by molar-refractivity contribution is -0.123. The van der Waals surface area contributed by atoms with E-state index in [0.29, 0.717) is 32.0 Å². The van der Waals surface area contributed by atoms with Crippen molar-refractivity contribution in [3.05, 3.63) is 53.1 Å². The summed E-state index contributed by atoms with van der Waals surface area (Å²) in [7, 11) is -3.62. The lowest BCUT2D eigenvalue weighted by atomic mass is 10.2. The van der Waals surface area contributed by atoms with Crippen LogP contribution < -0.4 is 5.32 Å². The van der Waals surface area contributed by atoms with Gasteiger partial charge in [0.1, 0.15) is 0 Å². The van der Waals surface area contributed by atoms with Crippen molar-refractivity contribution in [2.45, 2.75) is 22.8 Å². The summed E-state index contributed by atoms with van der Waals surface area (Å²) >= 11 is 7.53. The second-order valence-electron chi connectivity index (χ2n) is 6.92. The summed E-state index contributed by atoms with van der Waals surface area (Å²) in [6, 6.07) is 10.8. The van der Waals surface area contributed by atoms with Crippen molar-refractivity contribution in [1.29, 1.82) is 0 Å². The predicted octanol–water partition coefficient (Wildman–Crippen LogP) is 3.27. The number of carbonyl (C=O) groups is 2. The van der Waals surface area contributed by atoms with Gasteiger partial charge in [-0.25, -0.2) is 13.2 Å². The van der Waals surface area contributed by atoms with E-state index in [0.717, 1.165) is 4.90 Å². The van der Waals surface area contributed by atoms with Gasteiger partial charge >= 0.3 is 5.97 Å². The monoisotopic (exact) mass is 498 g/mol. The number of benzene rings is 2. The normalized spacial score (nSPS) is 15.7. The molecule has 0 aliphatic carbocycles. The van der Waals surface area contributed by atoms with Gasteiger partial charge in [-0.05, 0) is 55.6 Å². The number of hydrogen-bond acceptors (Lipinski definition) is 7. The van der Waals surface area contributed by atoms with E-state index in [2.05, 4.69) is 5.32 Å². The molecule has 1 aliphatic heterocycles. The van der Waals surface area contributed by atoms with Crippen molar-refractivity contribution in [3.63, 3.8) is 0 Å². The van der Waals surface area contributed by atoms with Crippen LogP contribution in [0.2, 0.25) is 5.02 Å². The highest BCUT2D eigenvalue weighted by Crippen LogP contribution is 2.24. The summed E-state index contributed by atoms with van der Waals surface area (Å²) in [5.74, 6) is -1.26. The zero-order valence-corrected chi connectivity index (χ0v) is 19.9. The zero-order valence-electron chi connectivity index (χ0n) is 17.5. The Morgan fingerprint density at radius 1 is 1.16 bits per heavy atom. The molecule has 8 nitrogen and oxygen atoms in total. The molecule has 0 bridgehead atoms. The highest BCUT2D eigenvalue weighted by molar-refractivity contribution is 7.98. The number of nitrogens with zero attached hydrogens (tertiary/aromatic N) is 1. The molecular weight excluding hydrogens is 476 g/mol. The van der Waals surface area contributed by atoms with Gasteiger partial charge in [0.2, 0.25) is 10.0 Å². The Morgan fingerprint density at radius 3 is 2.44 bits per heavy atom. The summed E-state index contributed by atoms with van der Waals surface area (Å²) < 4.78 is 37.1. The van der Waals surface area contributed by atoms with Gasteiger partial charge in [0.15, 0.2) is 6.10 Å². The highest BCUT2D eigenvalue weighted by atomic mass is 35.5. The first kappa shape index (κ1) is 24.5. The maximum atomic E-state index is 12.7. The summed E-state index contributed by atoms with van der Waals surface area (Å²) in [5, 5.41) is 2.85. The van der Waals surface area contributed by atoms with E-state index in [9.17, 15) is 18.0 Å². The van der Waals surface area contributed by atoms with Crippen molar-refractivity contribution in [2.75, 3.05) is 37.9 Å². The second-order valence-corrected chi connectivity index (χ2v) is 10.1. The molecule has 172 valence electrons. The number of halogens is 1. The third kappa shape index (κ3) is 5.81. The molecule has 1 heterocycles. The minimum atomic E-state index is -3.62. The van der Waals surface area contributed by atoms with E-state index < -0.39 is 28.0 Å². The maximum absolute atomic E-state index is 12.7. The van der Waals surface area contributed by atoms with Crippen LogP contribution in [0.15, 0.2) is 52.3 Å². The molecule has 2 aromatic rings. The average Bonchev–Trinajstić information content (AvgIpc) is 2.80. The van der Waals surface area contributed by atoms with Crippen LogP contribution in [0.25, 0.3) is 0 Å². The fourth-order valence-corrected chi connectivity index (χ4v) is 5.00. The average molecular weight is 499 g/mol. The molecule has 1 amide bonds. The number of rotatable bonds is 7. The van der Waals surface area contributed by atoms with Crippen LogP contribution in [0.5, 0.6) is 0 Å². The highest BCUT2D eigenvalue weighted by Gasteiger charge is 2.26. The number of hydrogen-bond donors (Lipinski definition) is 1. The van der Waals surface area contributed by atoms with Gasteiger partial charge in [-0.15, -0.1) is 11.8 Å².